The van der Waals surface area contributed by atoms with E-state index in [9.17, 15) is 10.1 Å². The van der Waals surface area contributed by atoms with Crippen LogP contribution in [0.2, 0.25) is 0 Å². The smallest absolute Gasteiger partial charge is 0.268 e. The number of aryl methyl sites for hydroxylation is 1. The first-order valence-corrected chi connectivity index (χ1v) is 10.4. The van der Waals surface area contributed by atoms with E-state index in [0.29, 0.717) is 5.13 Å². The molecule has 3 aromatic rings. The number of hydrogen-bond acceptors (Lipinski definition) is 5. The van der Waals surface area contributed by atoms with Gasteiger partial charge in [-0.25, -0.2) is 0 Å². The van der Waals surface area contributed by atoms with Crippen LogP contribution in [0.5, 0.6) is 0 Å². The zero-order valence-corrected chi connectivity index (χ0v) is 17.6. The molecule has 0 bridgehead atoms. The third-order valence-corrected chi connectivity index (χ3v) is 5.40. The number of unbranched alkanes of at least 4 members (excludes halogenated alkanes) is 1. The van der Waals surface area contributed by atoms with E-state index in [-0.39, 0.29) is 5.57 Å². The molecule has 142 valence electrons. The lowest BCUT2D eigenvalue weighted by Gasteiger charge is -2.07. The highest BCUT2D eigenvalue weighted by Crippen LogP contribution is 2.20. The van der Waals surface area contributed by atoms with Gasteiger partial charge in [0.1, 0.15) is 16.6 Å². The Morgan fingerprint density at radius 3 is 2.82 bits per heavy atom. The maximum atomic E-state index is 12.5. The fraction of sp³-hybridized carbons (Fsp3) is 0.200. The van der Waals surface area contributed by atoms with Gasteiger partial charge in [-0.05, 0) is 48.9 Å². The maximum absolute atomic E-state index is 12.5. The predicted octanol–water partition coefficient (Wildman–Crippen LogP) is 4.98. The van der Waals surface area contributed by atoms with Crippen molar-refractivity contribution in [2.24, 2.45) is 0 Å². The number of halogens is 1. The molecule has 0 saturated carbocycles. The fourth-order valence-corrected chi connectivity index (χ4v) is 3.58. The topological polar surface area (TPSA) is 83.6 Å². The van der Waals surface area contributed by atoms with Gasteiger partial charge in [0.15, 0.2) is 0 Å². The summed E-state index contributed by atoms with van der Waals surface area (Å²) in [6.45, 7) is 2.11. The molecular formula is C20H18BrN5OS. The van der Waals surface area contributed by atoms with Crippen molar-refractivity contribution < 1.29 is 4.79 Å². The van der Waals surface area contributed by atoms with E-state index < -0.39 is 5.91 Å². The zero-order chi connectivity index (χ0) is 19.9. The predicted molar refractivity (Wildman–Crippen MR) is 114 cm³/mol. The second-order valence-corrected chi connectivity index (χ2v) is 7.99. The van der Waals surface area contributed by atoms with E-state index in [4.69, 9.17) is 0 Å². The molecule has 0 atom stereocenters. The van der Waals surface area contributed by atoms with E-state index in [1.54, 1.807) is 6.08 Å². The van der Waals surface area contributed by atoms with Gasteiger partial charge in [0.2, 0.25) is 5.13 Å². The number of nitrogens with zero attached hydrogens (tertiary/aromatic N) is 4. The number of anilines is 1. The van der Waals surface area contributed by atoms with Gasteiger partial charge in [-0.1, -0.05) is 40.6 Å². The van der Waals surface area contributed by atoms with Gasteiger partial charge in [-0.3, -0.25) is 10.1 Å². The lowest BCUT2D eigenvalue weighted by atomic mass is 10.2. The van der Waals surface area contributed by atoms with E-state index in [0.717, 1.165) is 40.1 Å². The van der Waals surface area contributed by atoms with Gasteiger partial charge in [0, 0.05) is 28.5 Å². The minimum absolute atomic E-state index is 0.00219. The summed E-state index contributed by atoms with van der Waals surface area (Å²) in [6, 6.07) is 13.5. The largest absolute Gasteiger partial charge is 0.317 e. The Balaban J connectivity index is 1.78. The number of amides is 1. The van der Waals surface area contributed by atoms with Gasteiger partial charge >= 0.3 is 0 Å². The van der Waals surface area contributed by atoms with Crippen LogP contribution in [0.25, 0.3) is 11.8 Å². The van der Waals surface area contributed by atoms with Crippen LogP contribution in [-0.2, 0) is 11.2 Å². The molecule has 1 aromatic carbocycles. The molecular weight excluding hydrogens is 438 g/mol. The van der Waals surface area contributed by atoms with Crippen molar-refractivity contribution in [2.75, 3.05) is 5.32 Å². The van der Waals surface area contributed by atoms with Crippen LogP contribution in [0.15, 0.2) is 52.6 Å². The molecule has 0 unspecified atom stereocenters. The number of carbonyl (C=O) groups excluding carboxylic acids is 1. The molecule has 0 aliphatic carbocycles. The van der Waals surface area contributed by atoms with Gasteiger partial charge in [-0.2, -0.15) is 5.26 Å². The summed E-state index contributed by atoms with van der Waals surface area (Å²) in [7, 11) is 0. The Morgan fingerprint density at radius 2 is 2.11 bits per heavy atom. The first-order valence-electron chi connectivity index (χ1n) is 8.79. The third-order valence-electron chi connectivity index (χ3n) is 3.97. The number of nitriles is 1. The normalized spacial score (nSPS) is 11.2. The maximum Gasteiger partial charge on any atom is 0.268 e. The number of aromatic nitrogens is 3. The van der Waals surface area contributed by atoms with E-state index >= 15 is 0 Å². The molecule has 6 nitrogen and oxygen atoms in total. The SMILES string of the molecule is CCCCc1nnc(NC(=O)C(C#N)=Cc2cccn2-c2ccc(Br)cc2)s1. The Hall–Kier alpha value is -2.76. The Bertz CT molecular complexity index is 1030. The van der Waals surface area contributed by atoms with Crippen molar-refractivity contribution >= 4 is 44.4 Å². The van der Waals surface area contributed by atoms with Crippen molar-refractivity contribution in [2.45, 2.75) is 26.2 Å². The van der Waals surface area contributed by atoms with Gasteiger partial charge in [0.25, 0.3) is 5.91 Å². The summed E-state index contributed by atoms with van der Waals surface area (Å²) in [5.41, 5.74) is 1.67. The summed E-state index contributed by atoms with van der Waals surface area (Å²) >= 11 is 4.76. The van der Waals surface area contributed by atoms with Crippen LogP contribution in [0.1, 0.15) is 30.5 Å². The molecule has 0 fully saturated rings. The Kier molecular flexibility index (Phi) is 6.74. The highest BCUT2D eigenvalue weighted by molar-refractivity contribution is 9.10. The van der Waals surface area contributed by atoms with Crippen LogP contribution in [-0.4, -0.2) is 20.7 Å². The average molecular weight is 456 g/mol. The molecule has 0 spiro atoms. The standard InChI is InChI=1S/C20H18BrN5OS/c1-2-3-6-18-24-25-20(28-18)23-19(27)14(13-22)12-17-5-4-11-26(17)16-9-7-15(21)8-10-16/h4-5,7-12H,2-3,6H2,1H3,(H,23,25,27). The van der Waals surface area contributed by atoms with Gasteiger partial charge in [0.05, 0.1) is 0 Å². The molecule has 0 aliphatic rings. The summed E-state index contributed by atoms with van der Waals surface area (Å²) in [5, 5.41) is 21.5. The molecule has 2 heterocycles. The Labute approximate surface area is 175 Å². The lowest BCUT2D eigenvalue weighted by molar-refractivity contribution is -0.112. The highest BCUT2D eigenvalue weighted by Gasteiger charge is 2.14. The summed E-state index contributed by atoms with van der Waals surface area (Å²) in [4.78, 5) is 12.5. The van der Waals surface area contributed by atoms with Crippen LogP contribution in [0, 0.1) is 11.3 Å². The minimum Gasteiger partial charge on any atom is -0.317 e. The third kappa shape index (κ3) is 4.94. The summed E-state index contributed by atoms with van der Waals surface area (Å²) in [6.07, 6.45) is 6.38. The molecule has 2 aromatic heterocycles. The van der Waals surface area contributed by atoms with E-state index in [2.05, 4.69) is 38.4 Å². The van der Waals surface area contributed by atoms with Crippen LogP contribution >= 0.6 is 27.3 Å². The first kappa shape index (κ1) is 20.0. The monoisotopic (exact) mass is 455 g/mol. The molecule has 3 rings (SSSR count). The van der Waals surface area contributed by atoms with Crippen LogP contribution in [0.3, 0.4) is 0 Å². The number of carbonyl (C=O) groups is 1. The second kappa shape index (κ2) is 9.44. The molecule has 1 N–H and O–H groups in total. The summed E-state index contributed by atoms with van der Waals surface area (Å²) < 4.78 is 2.89. The van der Waals surface area contributed by atoms with Crippen molar-refractivity contribution in [1.82, 2.24) is 14.8 Å². The molecule has 8 heteroatoms. The molecule has 0 aliphatic heterocycles. The number of hydrogen-bond donors (Lipinski definition) is 1. The highest BCUT2D eigenvalue weighted by atomic mass is 79.9. The van der Waals surface area contributed by atoms with Crippen molar-refractivity contribution in [3.05, 3.63) is 63.3 Å². The summed E-state index contributed by atoms with van der Waals surface area (Å²) in [5.74, 6) is -0.496. The van der Waals surface area contributed by atoms with Gasteiger partial charge < -0.3 is 4.57 Å². The van der Waals surface area contributed by atoms with Crippen LogP contribution in [0.4, 0.5) is 5.13 Å². The Morgan fingerprint density at radius 1 is 1.32 bits per heavy atom. The van der Waals surface area contributed by atoms with E-state index in [1.807, 2.05) is 53.2 Å². The molecule has 28 heavy (non-hydrogen) atoms. The fourth-order valence-electron chi connectivity index (χ4n) is 2.54. The molecule has 0 saturated heterocycles. The zero-order valence-electron chi connectivity index (χ0n) is 15.2. The lowest BCUT2D eigenvalue weighted by Crippen LogP contribution is -2.13. The van der Waals surface area contributed by atoms with Crippen molar-refractivity contribution in [3.8, 4) is 11.8 Å². The number of rotatable bonds is 7. The first-order chi connectivity index (χ1) is 13.6. The van der Waals surface area contributed by atoms with E-state index in [1.165, 1.54) is 11.3 Å². The van der Waals surface area contributed by atoms with Crippen LogP contribution < -0.4 is 5.32 Å². The minimum atomic E-state index is -0.496. The quantitative estimate of drug-likeness (QED) is 0.402. The van der Waals surface area contributed by atoms with Gasteiger partial charge in [-0.15, -0.1) is 10.2 Å². The second-order valence-electron chi connectivity index (χ2n) is 6.01. The van der Waals surface area contributed by atoms with Crippen molar-refractivity contribution in [3.63, 3.8) is 0 Å². The number of nitrogens with one attached hydrogen (secondary N) is 1. The molecule has 0 radical (unpaired) electrons. The van der Waals surface area contributed by atoms with Crippen molar-refractivity contribution in [1.29, 1.82) is 5.26 Å². The average Bonchev–Trinajstić information content (AvgIpc) is 3.34. The number of benzene rings is 1. The molecule has 1 amide bonds.